The van der Waals surface area contributed by atoms with Gasteiger partial charge in [0, 0.05) is 37.7 Å². The van der Waals surface area contributed by atoms with Crippen LogP contribution >= 0.6 is 0 Å². The fourth-order valence-electron chi connectivity index (χ4n) is 2.10. The third kappa shape index (κ3) is 3.03. The van der Waals surface area contributed by atoms with Crippen LogP contribution in [0.25, 0.3) is 0 Å². The molecule has 0 spiro atoms. The van der Waals surface area contributed by atoms with Crippen molar-refractivity contribution < 1.29 is 4.74 Å². The van der Waals surface area contributed by atoms with Crippen molar-refractivity contribution in [1.82, 2.24) is 4.98 Å². The van der Waals surface area contributed by atoms with Gasteiger partial charge in [-0.3, -0.25) is 4.98 Å². The number of aromatic nitrogens is 1. The molecule has 1 aromatic heterocycles. The van der Waals surface area contributed by atoms with Crippen LogP contribution in [0, 0.1) is 0 Å². The number of pyridine rings is 1. The predicted molar refractivity (Wildman–Crippen MR) is 77.4 cm³/mol. The Labute approximate surface area is 113 Å². The lowest BCUT2D eigenvalue weighted by Crippen LogP contribution is -2.30. The minimum atomic E-state index is 0.0980. The first-order valence-electron chi connectivity index (χ1n) is 6.23. The molecule has 19 heavy (non-hydrogen) atoms. The molecule has 0 saturated carbocycles. The number of nitrogens with zero attached hydrogens (tertiary/aromatic N) is 2. The topological polar surface area (TPSA) is 51.4 Å². The Balaban J connectivity index is 2.27. The van der Waals surface area contributed by atoms with E-state index in [0.29, 0.717) is 6.54 Å². The number of nitrogens with two attached hydrogens (primary N) is 1. The van der Waals surface area contributed by atoms with E-state index < -0.39 is 0 Å². The molecule has 0 aliphatic heterocycles. The molecule has 2 aromatic rings. The molecule has 0 saturated heterocycles. The highest BCUT2D eigenvalue weighted by molar-refractivity contribution is 5.52. The highest BCUT2D eigenvalue weighted by Crippen LogP contribution is 2.27. The van der Waals surface area contributed by atoms with Gasteiger partial charge in [0.15, 0.2) is 0 Å². The number of rotatable bonds is 5. The summed E-state index contributed by atoms with van der Waals surface area (Å²) < 4.78 is 5.25. The molecular weight excluding hydrogens is 238 g/mol. The lowest BCUT2D eigenvalue weighted by Gasteiger charge is -2.29. The molecule has 0 aliphatic carbocycles. The smallest absolute Gasteiger partial charge is 0.120 e. The zero-order chi connectivity index (χ0) is 13.7. The van der Waals surface area contributed by atoms with Gasteiger partial charge in [0.05, 0.1) is 13.2 Å². The third-order valence-corrected chi connectivity index (χ3v) is 3.22. The van der Waals surface area contributed by atoms with Gasteiger partial charge in [0.2, 0.25) is 0 Å². The summed E-state index contributed by atoms with van der Waals surface area (Å²) >= 11 is 0. The van der Waals surface area contributed by atoms with Crippen LogP contribution in [-0.4, -0.2) is 25.7 Å². The van der Waals surface area contributed by atoms with Crippen LogP contribution in [0.1, 0.15) is 11.6 Å². The molecule has 2 rings (SSSR count). The lowest BCUT2D eigenvalue weighted by atomic mass is 10.1. The first-order valence-corrected chi connectivity index (χ1v) is 6.23. The number of hydrogen-bond donors (Lipinski definition) is 1. The number of anilines is 1. The maximum atomic E-state index is 5.91. The molecular formula is C15H19N3O. The SMILES string of the molecule is COc1cccc(N(C)C(CN)c2cccnc2)c1. The largest absolute Gasteiger partial charge is 0.497 e. The van der Waals surface area contributed by atoms with E-state index in [4.69, 9.17) is 10.5 Å². The van der Waals surface area contributed by atoms with Crippen LogP contribution in [-0.2, 0) is 0 Å². The van der Waals surface area contributed by atoms with Crippen LogP contribution < -0.4 is 15.4 Å². The summed E-state index contributed by atoms with van der Waals surface area (Å²) in [5.41, 5.74) is 8.09. The monoisotopic (exact) mass is 257 g/mol. The molecule has 1 heterocycles. The molecule has 0 bridgehead atoms. The molecule has 0 radical (unpaired) electrons. The molecule has 100 valence electrons. The highest BCUT2D eigenvalue weighted by atomic mass is 16.5. The molecule has 1 atom stereocenters. The summed E-state index contributed by atoms with van der Waals surface area (Å²) in [4.78, 5) is 6.29. The Morgan fingerprint density at radius 3 is 2.79 bits per heavy atom. The van der Waals surface area contributed by atoms with Gasteiger partial charge in [0.1, 0.15) is 5.75 Å². The summed E-state index contributed by atoms with van der Waals surface area (Å²) in [6.07, 6.45) is 3.62. The second kappa shape index (κ2) is 6.20. The number of methoxy groups -OCH3 is 1. The van der Waals surface area contributed by atoms with E-state index in [-0.39, 0.29) is 6.04 Å². The maximum Gasteiger partial charge on any atom is 0.120 e. The normalized spacial score (nSPS) is 11.9. The maximum absolute atomic E-state index is 5.91. The zero-order valence-corrected chi connectivity index (χ0v) is 11.3. The molecule has 1 unspecified atom stereocenters. The molecule has 2 N–H and O–H groups in total. The number of benzene rings is 1. The molecule has 4 nitrogen and oxygen atoms in total. The van der Waals surface area contributed by atoms with Crippen LogP contribution in [0.15, 0.2) is 48.8 Å². The van der Waals surface area contributed by atoms with Crippen LogP contribution in [0.3, 0.4) is 0 Å². The summed E-state index contributed by atoms with van der Waals surface area (Å²) in [5.74, 6) is 0.839. The van der Waals surface area contributed by atoms with Gasteiger partial charge >= 0.3 is 0 Å². The van der Waals surface area contributed by atoms with Gasteiger partial charge in [-0.2, -0.15) is 0 Å². The van der Waals surface area contributed by atoms with Gasteiger partial charge in [0.25, 0.3) is 0 Å². The molecule has 0 fully saturated rings. The first-order chi connectivity index (χ1) is 9.26. The molecule has 0 aliphatic rings. The fourth-order valence-corrected chi connectivity index (χ4v) is 2.10. The molecule has 4 heteroatoms. The zero-order valence-electron chi connectivity index (χ0n) is 11.3. The van der Waals surface area contributed by atoms with Crippen molar-refractivity contribution in [3.05, 3.63) is 54.4 Å². The number of likely N-dealkylation sites (N-methyl/N-ethyl adjacent to an activating group) is 1. The van der Waals surface area contributed by atoms with Crippen molar-refractivity contribution in [2.75, 3.05) is 25.6 Å². The third-order valence-electron chi connectivity index (χ3n) is 3.22. The van der Waals surface area contributed by atoms with Crippen molar-refractivity contribution in [3.63, 3.8) is 0 Å². The number of hydrogen-bond acceptors (Lipinski definition) is 4. The van der Waals surface area contributed by atoms with Gasteiger partial charge < -0.3 is 15.4 Å². The summed E-state index contributed by atoms with van der Waals surface area (Å²) in [6, 6.07) is 12.0. The van der Waals surface area contributed by atoms with E-state index >= 15 is 0 Å². The van der Waals surface area contributed by atoms with Crippen molar-refractivity contribution in [2.24, 2.45) is 5.73 Å². The van der Waals surface area contributed by atoms with E-state index in [1.165, 1.54) is 0 Å². The van der Waals surface area contributed by atoms with Crippen molar-refractivity contribution in [3.8, 4) is 5.75 Å². The Kier molecular flexibility index (Phi) is 4.36. The summed E-state index contributed by atoms with van der Waals surface area (Å²) in [7, 11) is 3.69. The summed E-state index contributed by atoms with van der Waals surface area (Å²) in [6.45, 7) is 0.527. The summed E-state index contributed by atoms with van der Waals surface area (Å²) in [5, 5.41) is 0. The van der Waals surface area contributed by atoms with Gasteiger partial charge in [-0.1, -0.05) is 12.1 Å². The Hall–Kier alpha value is -2.07. The lowest BCUT2D eigenvalue weighted by molar-refractivity contribution is 0.414. The van der Waals surface area contributed by atoms with E-state index in [9.17, 15) is 0 Å². The molecule has 1 aromatic carbocycles. The van der Waals surface area contributed by atoms with Crippen molar-refractivity contribution in [2.45, 2.75) is 6.04 Å². The highest BCUT2D eigenvalue weighted by Gasteiger charge is 2.16. The van der Waals surface area contributed by atoms with Gasteiger partial charge in [-0.15, -0.1) is 0 Å². The second-order valence-corrected chi connectivity index (χ2v) is 4.35. The van der Waals surface area contributed by atoms with E-state index in [0.717, 1.165) is 17.0 Å². The average Bonchev–Trinajstić information content (AvgIpc) is 2.49. The standard InChI is InChI=1S/C15H19N3O/c1-18(13-6-3-7-14(9-13)19-2)15(10-16)12-5-4-8-17-11-12/h3-9,11,15H,10,16H2,1-2H3. The minimum absolute atomic E-state index is 0.0980. The van der Waals surface area contributed by atoms with E-state index in [2.05, 4.69) is 9.88 Å². The molecule has 0 amide bonds. The van der Waals surface area contributed by atoms with Crippen LogP contribution in [0.5, 0.6) is 5.75 Å². The predicted octanol–water partition coefficient (Wildman–Crippen LogP) is 2.23. The van der Waals surface area contributed by atoms with Gasteiger partial charge in [-0.05, 0) is 23.8 Å². The Bertz CT molecular complexity index is 516. The van der Waals surface area contributed by atoms with Crippen LogP contribution in [0.4, 0.5) is 5.69 Å². The fraction of sp³-hybridized carbons (Fsp3) is 0.267. The quantitative estimate of drug-likeness (QED) is 0.892. The van der Waals surface area contributed by atoms with E-state index in [1.54, 1.807) is 13.3 Å². The Morgan fingerprint density at radius 2 is 2.16 bits per heavy atom. The average molecular weight is 257 g/mol. The van der Waals surface area contributed by atoms with Crippen molar-refractivity contribution in [1.29, 1.82) is 0 Å². The van der Waals surface area contributed by atoms with Crippen molar-refractivity contribution >= 4 is 5.69 Å². The Morgan fingerprint density at radius 1 is 1.32 bits per heavy atom. The van der Waals surface area contributed by atoms with Crippen LogP contribution in [0.2, 0.25) is 0 Å². The van der Waals surface area contributed by atoms with Gasteiger partial charge in [-0.25, -0.2) is 0 Å². The minimum Gasteiger partial charge on any atom is -0.497 e. The first kappa shape index (κ1) is 13.4. The second-order valence-electron chi connectivity index (χ2n) is 4.35. The number of ether oxygens (including phenoxy) is 1. The van der Waals surface area contributed by atoms with E-state index in [1.807, 2.05) is 49.6 Å².